The van der Waals surface area contributed by atoms with Gasteiger partial charge in [-0.3, -0.25) is 0 Å². The van der Waals surface area contributed by atoms with Gasteiger partial charge in [-0.2, -0.15) is 0 Å². The van der Waals surface area contributed by atoms with Crippen LogP contribution in [0.25, 0.3) is 0 Å². The summed E-state index contributed by atoms with van der Waals surface area (Å²) < 4.78 is 0. The van der Waals surface area contributed by atoms with Crippen molar-refractivity contribution in [2.75, 3.05) is 0 Å². The molecule has 0 aliphatic rings. The fourth-order valence-corrected chi connectivity index (χ4v) is 1.36. The van der Waals surface area contributed by atoms with Crippen molar-refractivity contribution in [3.05, 3.63) is 0 Å². The van der Waals surface area contributed by atoms with Gasteiger partial charge in [0.25, 0.3) is 0 Å². The molecule has 0 saturated heterocycles. The Kier molecular flexibility index (Phi) is 17.9. The SMILES string of the molecule is CCCCCCCCCCC=O.[Zn]. The molecule has 0 bridgehead atoms. The smallest absolute Gasteiger partial charge is 0.119 e. The number of carbonyl (C=O) groups is 1. The monoisotopic (exact) mass is 234 g/mol. The minimum absolute atomic E-state index is 0. The van der Waals surface area contributed by atoms with Gasteiger partial charge in [0, 0.05) is 25.9 Å². The largest absolute Gasteiger partial charge is 0.303 e. The van der Waals surface area contributed by atoms with Crippen LogP contribution in [0.3, 0.4) is 0 Å². The zero-order chi connectivity index (χ0) is 9.07. The van der Waals surface area contributed by atoms with Crippen molar-refractivity contribution in [2.45, 2.75) is 64.7 Å². The summed E-state index contributed by atoms with van der Waals surface area (Å²) in [5, 5.41) is 0. The van der Waals surface area contributed by atoms with E-state index in [4.69, 9.17) is 0 Å². The first-order valence-corrected chi connectivity index (χ1v) is 5.35. The Labute approximate surface area is 95.4 Å². The maximum atomic E-state index is 9.98. The van der Waals surface area contributed by atoms with Gasteiger partial charge in [-0.1, -0.05) is 51.9 Å². The summed E-state index contributed by atoms with van der Waals surface area (Å²) in [6.07, 6.45) is 12.3. The van der Waals surface area contributed by atoms with E-state index < -0.39 is 0 Å². The Hall–Kier alpha value is 0.293. The second kappa shape index (κ2) is 14.8. The van der Waals surface area contributed by atoms with Crippen molar-refractivity contribution in [1.29, 1.82) is 0 Å². The molecule has 0 aliphatic heterocycles. The predicted octanol–water partition coefficient (Wildman–Crippen LogP) is 3.71. The summed E-state index contributed by atoms with van der Waals surface area (Å²) in [6.45, 7) is 2.24. The van der Waals surface area contributed by atoms with Gasteiger partial charge in [0.05, 0.1) is 0 Å². The molecular formula is C11H22OZn. The van der Waals surface area contributed by atoms with Crippen LogP contribution in [0.5, 0.6) is 0 Å². The van der Waals surface area contributed by atoms with Gasteiger partial charge < -0.3 is 4.79 Å². The Morgan fingerprint density at radius 3 is 1.77 bits per heavy atom. The van der Waals surface area contributed by atoms with E-state index in [0.717, 1.165) is 19.1 Å². The topological polar surface area (TPSA) is 17.1 Å². The Morgan fingerprint density at radius 1 is 0.846 bits per heavy atom. The normalized spacial score (nSPS) is 9.31. The van der Waals surface area contributed by atoms with Crippen LogP contribution in [0.2, 0.25) is 0 Å². The minimum atomic E-state index is 0. The quantitative estimate of drug-likeness (QED) is 0.338. The molecule has 0 unspecified atom stereocenters. The van der Waals surface area contributed by atoms with E-state index in [0.29, 0.717) is 0 Å². The molecular weight excluding hydrogens is 214 g/mol. The third-order valence-electron chi connectivity index (χ3n) is 2.18. The second-order valence-corrected chi connectivity index (χ2v) is 3.43. The molecule has 74 valence electrons. The fraction of sp³-hybridized carbons (Fsp3) is 0.909. The zero-order valence-electron chi connectivity index (χ0n) is 9.06. The van der Waals surface area contributed by atoms with Gasteiger partial charge in [-0.25, -0.2) is 0 Å². The molecule has 0 rings (SSSR count). The van der Waals surface area contributed by atoms with Crippen molar-refractivity contribution in [3.8, 4) is 0 Å². The average Bonchev–Trinajstić information content (AvgIpc) is 2.10. The van der Waals surface area contributed by atoms with Crippen LogP contribution in [0, 0.1) is 0 Å². The third-order valence-corrected chi connectivity index (χ3v) is 2.18. The molecule has 0 spiro atoms. The fourth-order valence-electron chi connectivity index (χ4n) is 1.36. The van der Waals surface area contributed by atoms with E-state index in [1.807, 2.05) is 0 Å². The molecule has 0 N–H and O–H groups in total. The summed E-state index contributed by atoms with van der Waals surface area (Å²) in [6, 6.07) is 0. The number of aldehydes is 1. The van der Waals surface area contributed by atoms with Crippen LogP contribution < -0.4 is 0 Å². The summed E-state index contributed by atoms with van der Waals surface area (Å²) in [5.74, 6) is 0. The number of unbranched alkanes of at least 4 members (excludes halogenated alkanes) is 8. The zero-order valence-corrected chi connectivity index (χ0v) is 12.0. The van der Waals surface area contributed by atoms with Crippen LogP contribution in [0.4, 0.5) is 0 Å². The molecule has 2 heteroatoms. The van der Waals surface area contributed by atoms with Gasteiger partial charge in [0.1, 0.15) is 6.29 Å². The molecule has 0 amide bonds. The molecule has 0 fully saturated rings. The first-order chi connectivity index (χ1) is 5.91. The summed E-state index contributed by atoms with van der Waals surface area (Å²) in [7, 11) is 0. The van der Waals surface area contributed by atoms with Crippen LogP contribution >= 0.6 is 0 Å². The standard InChI is InChI=1S/C11H22O.Zn/c1-2-3-4-5-6-7-8-9-10-11-12;/h11H,2-10H2,1H3;. The van der Waals surface area contributed by atoms with E-state index in [-0.39, 0.29) is 19.5 Å². The summed E-state index contributed by atoms with van der Waals surface area (Å²) in [5.41, 5.74) is 0. The molecule has 1 nitrogen and oxygen atoms in total. The number of carbonyl (C=O) groups excluding carboxylic acids is 1. The van der Waals surface area contributed by atoms with Gasteiger partial charge in [0.2, 0.25) is 0 Å². The number of hydrogen-bond donors (Lipinski definition) is 0. The molecule has 0 atom stereocenters. The van der Waals surface area contributed by atoms with Crippen LogP contribution in [-0.2, 0) is 24.3 Å². The predicted molar refractivity (Wildman–Crippen MR) is 53.3 cm³/mol. The first-order valence-electron chi connectivity index (χ1n) is 5.35. The third kappa shape index (κ3) is 15.1. The molecule has 0 aromatic carbocycles. The van der Waals surface area contributed by atoms with Gasteiger partial charge in [-0.15, -0.1) is 0 Å². The Bertz CT molecular complexity index is 94.1. The van der Waals surface area contributed by atoms with Crippen LogP contribution in [-0.4, -0.2) is 6.29 Å². The number of rotatable bonds is 9. The molecule has 0 aromatic rings. The maximum absolute atomic E-state index is 9.98. The first kappa shape index (κ1) is 15.8. The average molecular weight is 236 g/mol. The van der Waals surface area contributed by atoms with E-state index in [2.05, 4.69) is 6.92 Å². The van der Waals surface area contributed by atoms with Gasteiger partial charge in [-0.05, 0) is 6.42 Å². The van der Waals surface area contributed by atoms with Crippen molar-refractivity contribution in [3.63, 3.8) is 0 Å². The summed E-state index contributed by atoms with van der Waals surface area (Å²) in [4.78, 5) is 9.98. The van der Waals surface area contributed by atoms with Crippen LogP contribution in [0.15, 0.2) is 0 Å². The minimum Gasteiger partial charge on any atom is -0.303 e. The molecule has 0 aliphatic carbocycles. The van der Waals surface area contributed by atoms with Crippen molar-refractivity contribution in [2.24, 2.45) is 0 Å². The molecule has 0 aromatic heterocycles. The molecule has 13 heavy (non-hydrogen) atoms. The van der Waals surface area contributed by atoms with Gasteiger partial charge in [0.15, 0.2) is 0 Å². The van der Waals surface area contributed by atoms with Crippen molar-refractivity contribution >= 4 is 6.29 Å². The van der Waals surface area contributed by atoms with Crippen molar-refractivity contribution < 1.29 is 24.3 Å². The van der Waals surface area contributed by atoms with Crippen molar-refractivity contribution in [1.82, 2.24) is 0 Å². The Balaban J connectivity index is 0. The van der Waals surface area contributed by atoms with Gasteiger partial charge >= 0.3 is 0 Å². The number of hydrogen-bond acceptors (Lipinski definition) is 1. The Morgan fingerprint density at radius 2 is 1.31 bits per heavy atom. The molecule has 0 saturated carbocycles. The molecule has 0 radical (unpaired) electrons. The van der Waals surface area contributed by atoms with E-state index in [1.54, 1.807) is 0 Å². The summed E-state index contributed by atoms with van der Waals surface area (Å²) >= 11 is 0. The van der Waals surface area contributed by atoms with E-state index >= 15 is 0 Å². The second-order valence-electron chi connectivity index (χ2n) is 3.43. The maximum Gasteiger partial charge on any atom is 0.119 e. The molecule has 0 heterocycles. The van der Waals surface area contributed by atoms with Crippen LogP contribution in [0.1, 0.15) is 64.7 Å². The van der Waals surface area contributed by atoms with E-state index in [9.17, 15) is 4.79 Å². The van der Waals surface area contributed by atoms with E-state index in [1.165, 1.54) is 44.9 Å².